The average molecular weight is 185 g/mol. The lowest BCUT2D eigenvalue weighted by Crippen LogP contribution is -2.51. The summed E-state index contributed by atoms with van der Waals surface area (Å²) in [6, 6.07) is 0.718. The molecule has 13 heavy (non-hydrogen) atoms. The minimum absolute atomic E-state index is 0.222. The van der Waals surface area contributed by atoms with Crippen LogP contribution in [0.5, 0.6) is 0 Å². The first kappa shape index (κ1) is 10.5. The second-order valence-electron chi connectivity index (χ2n) is 4.85. The van der Waals surface area contributed by atoms with Crippen LogP contribution >= 0.6 is 0 Å². The molecule has 1 aliphatic heterocycles. The van der Waals surface area contributed by atoms with E-state index in [1.54, 1.807) is 6.92 Å². The fourth-order valence-electron chi connectivity index (χ4n) is 1.96. The standard InChI is InChI=1S/C10H21N2O/c1-9(13)11-7-5-10(6-8-11)12(2,3)4/h10H,5-8H2,1-4H3/q+1. The number of hydrogen-bond acceptors (Lipinski definition) is 1. The zero-order chi connectivity index (χ0) is 10.1. The van der Waals surface area contributed by atoms with Crippen LogP contribution in [-0.4, -0.2) is 55.6 Å². The summed E-state index contributed by atoms with van der Waals surface area (Å²) in [4.78, 5) is 13.0. The third-order valence-corrected chi connectivity index (χ3v) is 3.01. The SMILES string of the molecule is CC(=O)N1CCC([N+](C)(C)C)CC1. The molecule has 0 N–H and O–H groups in total. The molecule has 1 amide bonds. The summed E-state index contributed by atoms with van der Waals surface area (Å²) < 4.78 is 1.02. The van der Waals surface area contributed by atoms with Crippen molar-refractivity contribution in [2.24, 2.45) is 0 Å². The Hall–Kier alpha value is -0.570. The molecule has 3 nitrogen and oxygen atoms in total. The summed E-state index contributed by atoms with van der Waals surface area (Å²) in [7, 11) is 6.69. The van der Waals surface area contributed by atoms with Crippen molar-refractivity contribution in [1.29, 1.82) is 0 Å². The molecule has 0 aliphatic carbocycles. The molecular weight excluding hydrogens is 164 g/mol. The van der Waals surface area contributed by atoms with Crippen molar-refractivity contribution in [3.63, 3.8) is 0 Å². The first-order valence-corrected chi connectivity index (χ1v) is 4.98. The van der Waals surface area contributed by atoms with Crippen LogP contribution in [0.15, 0.2) is 0 Å². The van der Waals surface area contributed by atoms with Gasteiger partial charge in [-0.1, -0.05) is 0 Å². The van der Waals surface area contributed by atoms with Crippen LogP contribution in [0.25, 0.3) is 0 Å². The number of nitrogens with zero attached hydrogens (tertiary/aromatic N) is 2. The molecule has 0 aromatic carbocycles. The molecule has 0 aromatic heterocycles. The molecule has 0 unspecified atom stereocenters. The summed E-state index contributed by atoms with van der Waals surface area (Å²) in [6.07, 6.45) is 2.28. The first-order valence-electron chi connectivity index (χ1n) is 4.98. The van der Waals surface area contributed by atoms with Crippen molar-refractivity contribution in [2.45, 2.75) is 25.8 Å². The predicted molar refractivity (Wildman–Crippen MR) is 53.3 cm³/mol. The van der Waals surface area contributed by atoms with E-state index in [4.69, 9.17) is 0 Å². The Balaban J connectivity index is 2.44. The highest BCUT2D eigenvalue weighted by Gasteiger charge is 2.29. The van der Waals surface area contributed by atoms with Crippen molar-refractivity contribution in [1.82, 2.24) is 4.90 Å². The highest BCUT2D eigenvalue weighted by Crippen LogP contribution is 2.18. The molecule has 0 saturated carbocycles. The highest BCUT2D eigenvalue weighted by molar-refractivity contribution is 5.73. The zero-order valence-electron chi connectivity index (χ0n) is 9.21. The molecule has 1 rings (SSSR count). The molecule has 1 saturated heterocycles. The fraction of sp³-hybridized carbons (Fsp3) is 0.900. The number of quaternary nitrogens is 1. The Bertz CT molecular complexity index is 188. The maximum atomic E-state index is 11.1. The molecular formula is C10H21N2O+. The van der Waals surface area contributed by atoms with Crippen molar-refractivity contribution in [3.8, 4) is 0 Å². The molecule has 1 heterocycles. The van der Waals surface area contributed by atoms with Gasteiger partial charge in [0.25, 0.3) is 0 Å². The second-order valence-corrected chi connectivity index (χ2v) is 4.85. The third-order valence-electron chi connectivity index (χ3n) is 3.01. The Morgan fingerprint density at radius 2 is 1.69 bits per heavy atom. The number of rotatable bonds is 1. The van der Waals surface area contributed by atoms with E-state index in [0.717, 1.165) is 36.5 Å². The predicted octanol–water partition coefficient (Wildman–Crippen LogP) is 0.703. The van der Waals surface area contributed by atoms with E-state index in [1.165, 1.54) is 0 Å². The van der Waals surface area contributed by atoms with Crippen LogP contribution in [0.1, 0.15) is 19.8 Å². The van der Waals surface area contributed by atoms with E-state index in [2.05, 4.69) is 21.1 Å². The molecule has 1 fully saturated rings. The van der Waals surface area contributed by atoms with Gasteiger partial charge in [0.2, 0.25) is 5.91 Å². The van der Waals surface area contributed by atoms with Crippen LogP contribution in [-0.2, 0) is 4.79 Å². The number of carbonyl (C=O) groups is 1. The summed E-state index contributed by atoms with van der Waals surface area (Å²) in [5.74, 6) is 0.222. The Labute approximate surface area is 80.9 Å². The smallest absolute Gasteiger partial charge is 0.219 e. The molecule has 0 bridgehead atoms. The van der Waals surface area contributed by atoms with Gasteiger partial charge in [0.1, 0.15) is 0 Å². The average Bonchev–Trinajstić information content (AvgIpc) is 2.03. The molecule has 3 heteroatoms. The maximum Gasteiger partial charge on any atom is 0.219 e. The van der Waals surface area contributed by atoms with Crippen molar-refractivity contribution >= 4 is 5.91 Å². The fourth-order valence-corrected chi connectivity index (χ4v) is 1.96. The third kappa shape index (κ3) is 2.69. The molecule has 76 valence electrons. The minimum Gasteiger partial charge on any atom is -0.342 e. The van der Waals surface area contributed by atoms with Gasteiger partial charge in [-0.15, -0.1) is 0 Å². The maximum absolute atomic E-state index is 11.1. The number of carbonyl (C=O) groups excluding carboxylic acids is 1. The van der Waals surface area contributed by atoms with E-state index < -0.39 is 0 Å². The van der Waals surface area contributed by atoms with Gasteiger partial charge in [-0.25, -0.2) is 0 Å². The van der Waals surface area contributed by atoms with E-state index >= 15 is 0 Å². The first-order chi connectivity index (χ1) is 5.91. The van der Waals surface area contributed by atoms with Crippen LogP contribution in [0.4, 0.5) is 0 Å². The molecule has 0 atom stereocenters. The van der Waals surface area contributed by atoms with E-state index in [-0.39, 0.29) is 5.91 Å². The molecule has 0 aromatic rings. The number of hydrogen-bond donors (Lipinski definition) is 0. The van der Waals surface area contributed by atoms with E-state index in [9.17, 15) is 4.79 Å². The Morgan fingerprint density at radius 3 is 2.00 bits per heavy atom. The number of amides is 1. The van der Waals surface area contributed by atoms with Gasteiger partial charge in [-0.2, -0.15) is 0 Å². The van der Waals surface area contributed by atoms with Gasteiger partial charge in [0.15, 0.2) is 0 Å². The molecule has 0 radical (unpaired) electrons. The summed E-state index contributed by atoms with van der Waals surface area (Å²) in [5.41, 5.74) is 0. The topological polar surface area (TPSA) is 20.3 Å². The second kappa shape index (κ2) is 3.66. The van der Waals surface area contributed by atoms with Gasteiger partial charge < -0.3 is 9.38 Å². The molecule has 1 aliphatic rings. The lowest BCUT2D eigenvalue weighted by molar-refractivity contribution is -0.897. The largest absolute Gasteiger partial charge is 0.342 e. The molecule has 0 spiro atoms. The van der Waals surface area contributed by atoms with Gasteiger partial charge in [0, 0.05) is 32.9 Å². The van der Waals surface area contributed by atoms with E-state index in [1.807, 2.05) is 4.90 Å². The number of likely N-dealkylation sites (tertiary alicyclic amines) is 1. The number of piperidine rings is 1. The normalized spacial score (nSPS) is 20.5. The lowest BCUT2D eigenvalue weighted by atomic mass is 10.0. The van der Waals surface area contributed by atoms with Crippen molar-refractivity contribution in [3.05, 3.63) is 0 Å². The summed E-state index contributed by atoms with van der Waals surface area (Å²) in [6.45, 7) is 3.54. The lowest BCUT2D eigenvalue weighted by Gasteiger charge is -2.39. The van der Waals surface area contributed by atoms with E-state index in [0.29, 0.717) is 0 Å². The summed E-state index contributed by atoms with van der Waals surface area (Å²) >= 11 is 0. The highest BCUT2D eigenvalue weighted by atomic mass is 16.2. The quantitative estimate of drug-likeness (QED) is 0.551. The Kier molecular flexibility index (Phi) is 2.96. The van der Waals surface area contributed by atoms with Crippen LogP contribution in [0.3, 0.4) is 0 Å². The minimum atomic E-state index is 0.222. The monoisotopic (exact) mass is 185 g/mol. The van der Waals surface area contributed by atoms with Gasteiger partial charge in [-0.3, -0.25) is 4.79 Å². The van der Waals surface area contributed by atoms with Crippen molar-refractivity contribution in [2.75, 3.05) is 34.2 Å². The Morgan fingerprint density at radius 1 is 1.23 bits per heavy atom. The van der Waals surface area contributed by atoms with Crippen molar-refractivity contribution < 1.29 is 9.28 Å². The van der Waals surface area contributed by atoms with Gasteiger partial charge in [-0.05, 0) is 0 Å². The van der Waals surface area contributed by atoms with Gasteiger partial charge >= 0.3 is 0 Å². The van der Waals surface area contributed by atoms with Gasteiger partial charge in [0.05, 0.1) is 27.2 Å². The summed E-state index contributed by atoms with van der Waals surface area (Å²) in [5, 5.41) is 0. The van der Waals surface area contributed by atoms with Crippen LogP contribution in [0, 0.1) is 0 Å². The van der Waals surface area contributed by atoms with Crippen LogP contribution in [0.2, 0.25) is 0 Å². The van der Waals surface area contributed by atoms with Crippen LogP contribution < -0.4 is 0 Å². The zero-order valence-corrected chi connectivity index (χ0v) is 9.21.